The van der Waals surface area contributed by atoms with Gasteiger partial charge in [0.15, 0.2) is 0 Å². The standard InChI is InChI=1S/C22H28N2O3S/c1-4-24(28(26,27)5-2)21-13-11-18(12-14-21)22(25)23-16(3)19-10-9-17-7-6-8-20(17)15-19/h9-16H,4-8H2,1-3H3,(H,23,25)/t16-/m1/s1. The van der Waals surface area contributed by atoms with Crippen LogP contribution < -0.4 is 9.62 Å². The number of fused-ring (bicyclic) bond motifs is 1. The summed E-state index contributed by atoms with van der Waals surface area (Å²) in [5.74, 6) is -0.123. The van der Waals surface area contributed by atoms with E-state index in [0.717, 1.165) is 18.4 Å². The number of hydrogen-bond donors (Lipinski definition) is 1. The summed E-state index contributed by atoms with van der Waals surface area (Å²) < 4.78 is 25.7. The van der Waals surface area contributed by atoms with Gasteiger partial charge in [-0.05, 0) is 81.0 Å². The van der Waals surface area contributed by atoms with Crippen molar-refractivity contribution < 1.29 is 13.2 Å². The number of nitrogens with zero attached hydrogens (tertiary/aromatic N) is 1. The summed E-state index contributed by atoms with van der Waals surface area (Å²) in [6, 6.07) is 13.1. The molecule has 1 amide bonds. The number of hydrogen-bond acceptors (Lipinski definition) is 3. The first kappa shape index (κ1) is 20.4. The first-order valence-corrected chi connectivity index (χ1v) is 11.5. The van der Waals surface area contributed by atoms with Gasteiger partial charge in [-0.2, -0.15) is 0 Å². The summed E-state index contributed by atoms with van der Waals surface area (Å²) in [6.07, 6.45) is 3.46. The van der Waals surface area contributed by atoms with Gasteiger partial charge in [0.1, 0.15) is 0 Å². The fourth-order valence-electron chi connectivity index (χ4n) is 3.70. The molecular weight excluding hydrogens is 372 g/mol. The Kier molecular flexibility index (Phi) is 6.08. The Hall–Kier alpha value is -2.34. The Morgan fingerprint density at radius 2 is 1.75 bits per heavy atom. The van der Waals surface area contributed by atoms with Crippen molar-refractivity contribution in [2.75, 3.05) is 16.6 Å². The van der Waals surface area contributed by atoms with Crippen molar-refractivity contribution in [1.29, 1.82) is 0 Å². The van der Waals surface area contributed by atoms with E-state index >= 15 is 0 Å². The van der Waals surface area contributed by atoms with Crippen molar-refractivity contribution in [1.82, 2.24) is 5.32 Å². The summed E-state index contributed by atoms with van der Waals surface area (Å²) in [6.45, 7) is 5.76. The molecule has 1 N–H and O–H groups in total. The molecule has 6 heteroatoms. The van der Waals surface area contributed by atoms with Gasteiger partial charge in [0.2, 0.25) is 10.0 Å². The first-order valence-electron chi connectivity index (χ1n) is 9.88. The zero-order valence-electron chi connectivity index (χ0n) is 16.7. The number of carbonyl (C=O) groups is 1. The summed E-state index contributed by atoms with van der Waals surface area (Å²) in [5, 5.41) is 3.04. The number of rotatable bonds is 7. The van der Waals surface area contributed by atoms with Crippen LogP contribution in [0.1, 0.15) is 60.3 Å². The van der Waals surface area contributed by atoms with Crippen molar-refractivity contribution in [2.45, 2.75) is 46.1 Å². The summed E-state index contributed by atoms with van der Waals surface area (Å²) >= 11 is 0. The topological polar surface area (TPSA) is 66.5 Å². The molecule has 2 aromatic rings. The van der Waals surface area contributed by atoms with Crippen molar-refractivity contribution in [3.05, 3.63) is 64.7 Å². The number of anilines is 1. The third-order valence-corrected chi connectivity index (χ3v) is 7.25. The Labute approximate surface area is 167 Å². The molecule has 0 heterocycles. The zero-order chi connectivity index (χ0) is 20.3. The Balaban J connectivity index is 1.71. The number of nitrogens with one attached hydrogen (secondary N) is 1. The van der Waals surface area contributed by atoms with E-state index in [9.17, 15) is 13.2 Å². The molecule has 3 rings (SSSR count). The van der Waals surface area contributed by atoms with Crippen LogP contribution in [0.4, 0.5) is 5.69 Å². The maximum atomic E-state index is 12.6. The highest BCUT2D eigenvalue weighted by atomic mass is 32.2. The molecule has 2 aromatic carbocycles. The van der Waals surface area contributed by atoms with E-state index in [2.05, 4.69) is 23.5 Å². The summed E-state index contributed by atoms with van der Waals surface area (Å²) in [7, 11) is -3.32. The van der Waals surface area contributed by atoms with Crippen LogP contribution in [0.5, 0.6) is 0 Å². The minimum absolute atomic E-state index is 0.0430. The van der Waals surface area contributed by atoms with E-state index < -0.39 is 10.0 Å². The Morgan fingerprint density at radius 3 is 2.39 bits per heavy atom. The Morgan fingerprint density at radius 1 is 1.07 bits per heavy atom. The van der Waals surface area contributed by atoms with Gasteiger partial charge in [0, 0.05) is 12.1 Å². The number of sulfonamides is 1. The molecule has 0 unspecified atom stereocenters. The van der Waals surface area contributed by atoms with E-state index in [1.165, 1.54) is 21.9 Å². The molecule has 0 radical (unpaired) electrons. The van der Waals surface area contributed by atoms with Gasteiger partial charge in [-0.25, -0.2) is 8.42 Å². The van der Waals surface area contributed by atoms with Crippen molar-refractivity contribution in [3.8, 4) is 0 Å². The van der Waals surface area contributed by atoms with Crippen molar-refractivity contribution >= 4 is 21.6 Å². The van der Waals surface area contributed by atoms with Crippen LogP contribution >= 0.6 is 0 Å². The van der Waals surface area contributed by atoms with E-state index in [1.807, 2.05) is 6.92 Å². The predicted octanol–water partition coefficient (Wildman–Crippen LogP) is 3.84. The van der Waals surface area contributed by atoms with E-state index in [0.29, 0.717) is 17.8 Å². The first-order chi connectivity index (χ1) is 13.4. The summed E-state index contributed by atoms with van der Waals surface area (Å²) in [5.41, 5.74) is 5.01. The molecule has 0 aliphatic heterocycles. The second-order valence-corrected chi connectivity index (χ2v) is 9.37. The lowest BCUT2D eigenvalue weighted by molar-refractivity contribution is 0.0940. The molecule has 1 atom stereocenters. The van der Waals surface area contributed by atoms with Gasteiger partial charge in [0.05, 0.1) is 17.5 Å². The van der Waals surface area contributed by atoms with Crippen LogP contribution in [-0.2, 0) is 22.9 Å². The molecule has 28 heavy (non-hydrogen) atoms. The fourth-order valence-corrected chi connectivity index (χ4v) is 4.85. The lowest BCUT2D eigenvalue weighted by Gasteiger charge is -2.22. The number of aryl methyl sites for hydroxylation is 2. The van der Waals surface area contributed by atoms with Crippen LogP contribution in [0.25, 0.3) is 0 Å². The monoisotopic (exact) mass is 400 g/mol. The molecule has 0 fully saturated rings. The zero-order valence-corrected chi connectivity index (χ0v) is 17.6. The van der Waals surface area contributed by atoms with E-state index in [1.54, 1.807) is 38.1 Å². The van der Waals surface area contributed by atoms with Gasteiger partial charge in [0.25, 0.3) is 5.91 Å². The molecule has 0 saturated carbocycles. The average molecular weight is 401 g/mol. The molecule has 1 aliphatic carbocycles. The smallest absolute Gasteiger partial charge is 0.251 e. The van der Waals surface area contributed by atoms with Gasteiger partial charge < -0.3 is 5.32 Å². The predicted molar refractivity (Wildman–Crippen MR) is 113 cm³/mol. The molecule has 0 spiro atoms. The number of benzene rings is 2. The fraction of sp³-hybridized carbons (Fsp3) is 0.409. The molecule has 0 bridgehead atoms. The molecule has 0 saturated heterocycles. The van der Waals surface area contributed by atoms with Gasteiger partial charge in [-0.1, -0.05) is 18.2 Å². The van der Waals surface area contributed by atoms with E-state index in [4.69, 9.17) is 0 Å². The van der Waals surface area contributed by atoms with Crippen molar-refractivity contribution in [2.24, 2.45) is 0 Å². The second kappa shape index (κ2) is 8.35. The average Bonchev–Trinajstić information content (AvgIpc) is 3.16. The lowest BCUT2D eigenvalue weighted by Crippen LogP contribution is -2.32. The van der Waals surface area contributed by atoms with Gasteiger partial charge in [-0.3, -0.25) is 9.10 Å². The van der Waals surface area contributed by atoms with Crippen LogP contribution in [0.2, 0.25) is 0 Å². The molecule has 0 aromatic heterocycles. The Bertz CT molecular complexity index is 952. The van der Waals surface area contributed by atoms with Crippen molar-refractivity contribution in [3.63, 3.8) is 0 Å². The van der Waals surface area contributed by atoms with Crippen LogP contribution in [0, 0.1) is 0 Å². The van der Waals surface area contributed by atoms with Crippen LogP contribution in [0.15, 0.2) is 42.5 Å². The molecule has 1 aliphatic rings. The number of amides is 1. The largest absolute Gasteiger partial charge is 0.346 e. The van der Waals surface area contributed by atoms with Crippen LogP contribution in [-0.4, -0.2) is 26.6 Å². The highest BCUT2D eigenvalue weighted by Crippen LogP contribution is 2.26. The summed E-state index contributed by atoms with van der Waals surface area (Å²) in [4.78, 5) is 12.6. The molecular formula is C22H28N2O3S. The minimum Gasteiger partial charge on any atom is -0.346 e. The maximum Gasteiger partial charge on any atom is 0.251 e. The third kappa shape index (κ3) is 4.22. The second-order valence-electron chi connectivity index (χ2n) is 7.19. The SMILES string of the molecule is CCN(c1ccc(C(=O)N[C@H](C)c2ccc3c(c2)CCC3)cc1)S(=O)(=O)CC. The molecule has 5 nitrogen and oxygen atoms in total. The normalized spacial score (nSPS) is 14.4. The molecule has 150 valence electrons. The maximum absolute atomic E-state index is 12.6. The van der Waals surface area contributed by atoms with E-state index in [-0.39, 0.29) is 17.7 Å². The minimum atomic E-state index is -3.32. The number of carbonyl (C=O) groups excluding carboxylic acids is 1. The lowest BCUT2D eigenvalue weighted by atomic mass is 10.0. The van der Waals surface area contributed by atoms with Gasteiger partial charge in [-0.15, -0.1) is 0 Å². The highest BCUT2D eigenvalue weighted by Gasteiger charge is 2.20. The quantitative estimate of drug-likeness (QED) is 0.768. The van der Waals surface area contributed by atoms with Crippen LogP contribution in [0.3, 0.4) is 0 Å². The van der Waals surface area contributed by atoms with Gasteiger partial charge >= 0.3 is 0 Å². The third-order valence-electron chi connectivity index (χ3n) is 5.38. The highest BCUT2D eigenvalue weighted by molar-refractivity contribution is 7.92.